The number of para-hydroxylation sites is 3. The maximum absolute atomic E-state index is 12.8. The maximum atomic E-state index is 12.8. The van der Waals surface area contributed by atoms with Gasteiger partial charge in [-0.05, 0) is 38.1 Å². The second-order valence-electron chi connectivity index (χ2n) is 6.56. The first-order chi connectivity index (χ1) is 14.0. The van der Waals surface area contributed by atoms with Crippen molar-refractivity contribution in [3.63, 3.8) is 0 Å². The van der Waals surface area contributed by atoms with Crippen molar-refractivity contribution in [1.29, 1.82) is 0 Å². The summed E-state index contributed by atoms with van der Waals surface area (Å²) in [5.41, 5.74) is 1.34. The number of anilines is 2. The number of benzene rings is 2. The molecule has 2 aromatic rings. The van der Waals surface area contributed by atoms with Gasteiger partial charge in [0.1, 0.15) is 5.75 Å². The fourth-order valence-corrected chi connectivity index (χ4v) is 3.29. The molecular weight excluding hydrogens is 372 g/mol. The van der Waals surface area contributed by atoms with E-state index in [1.165, 1.54) is 4.90 Å². The molecule has 1 saturated heterocycles. The molecule has 29 heavy (non-hydrogen) atoms. The van der Waals surface area contributed by atoms with Crippen LogP contribution in [0.4, 0.5) is 11.4 Å². The smallest absolute Gasteiger partial charge is 0.340 e. The zero-order valence-corrected chi connectivity index (χ0v) is 16.5. The minimum atomic E-state index is -0.535. The maximum Gasteiger partial charge on any atom is 0.340 e. The molecule has 1 N–H and O–H groups in total. The first-order valence-corrected chi connectivity index (χ1v) is 9.64. The van der Waals surface area contributed by atoms with E-state index in [4.69, 9.17) is 9.47 Å². The lowest BCUT2D eigenvalue weighted by molar-refractivity contribution is -0.122. The summed E-state index contributed by atoms with van der Waals surface area (Å²) >= 11 is 0. The molecule has 7 heteroatoms. The predicted molar refractivity (Wildman–Crippen MR) is 109 cm³/mol. The molecule has 0 spiro atoms. The highest BCUT2D eigenvalue weighted by atomic mass is 16.5. The quantitative estimate of drug-likeness (QED) is 0.726. The van der Waals surface area contributed by atoms with Crippen molar-refractivity contribution in [3.8, 4) is 5.75 Å². The Kier molecular flexibility index (Phi) is 6.49. The normalized spacial score (nSPS) is 15.9. The van der Waals surface area contributed by atoms with Gasteiger partial charge in [0, 0.05) is 13.0 Å². The van der Waals surface area contributed by atoms with Crippen LogP contribution in [0, 0.1) is 5.92 Å². The number of esters is 1. The minimum Gasteiger partial charge on any atom is -0.492 e. The SMILES string of the molecule is CCOC(=O)c1ccccc1N1CC(C(=O)Nc2ccccc2OCC)CC1=O. The van der Waals surface area contributed by atoms with Crippen LogP contribution in [-0.2, 0) is 14.3 Å². The van der Waals surface area contributed by atoms with Crippen LogP contribution in [0.3, 0.4) is 0 Å². The van der Waals surface area contributed by atoms with Gasteiger partial charge in [-0.1, -0.05) is 24.3 Å². The van der Waals surface area contributed by atoms with Crippen LogP contribution in [0.2, 0.25) is 0 Å². The molecule has 0 aliphatic carbocycles. The third kappa shape index (κ3) is 4.56. The van der Waals surface area contributed by atoms with Gasteiger partial charge in [-0.2, -0.15) is 0 Å². The fraction of sp³-hybridized carbons (Fsp3) is 0.318. The Bertz CT molecular complexity index is 912. The molecule has 1 unspecified atom stereocenters. The molecule has 1 atom stereocenters. The van der Waals surface area contributed by atoms with Crippen LogP contribution in [0.1, 0.15) is 30.6 Å². The third-order valence-corrected chi connectivity index (χ3v) is 4.63. The molecule has 0 bridgehead atoms. The van der Waals surface area contributed by atoms with Crippen LogP contribution in [0.15, 0.2) is 48.5 Å². The number of nitrogens with zero attached hydrogens (tertiary/aromatic N) is 1. The molecule has 1 fully saturated rings. The average Bonchev–Trinajstić information content (AvgIpc) is 3.11. The van der Waals surface area contributed by atoms with Crippen LogP contribution < -0.4 is 15.0 Å². The summed E-state index contributed by atoms with van der Waals surface area (Å²) in [7, 11) is 0. The molecule has 0 saturated carbocycles. The molecule has 0 radical (unpaired) electrons. The lowest BCUT2D eigenvalue weighted by atomic mass is 10.1. The Morgan fingerprint density at radius 2 is 1.79 bits per heavy atom. The van der Waals surface area contributed by atoms with E-state index < -0.39 is 11.9 Å². The number of ether oxygens (including phenoxy) is 2. The second-order valence-corrected chi connectivity index (χ2v) is 6.56. The van der Waals surface area contributed by atoms with Crippen molar-refractivity contribution in [1.82, 2.24) is 0 Å². The average molecular weight is 396 g/mol. The Labute approximate surface area is 169 Å². The zero-order valence-electron chi connectivity index (χ0n) is 16.5. The monoisotopic (exact) mass is 396 g/mol. The van der Waals surface area contributed by atoms with Crippen molar-refractivity contribution in [2.24, 2.45) is 5.92 Å². The van der Waals surface area contributed by atoms with Crippen LogP contribution in [-0.4, -0.2) is 37.5 Å². The van der Waals surface area contributed by atoms with Crippen molar-refractivity contribution in [2.75, 3.05) is 30.0 Å². The highest BCUT2D eigenvalue weighted by Gasteiger charge is 2.37. The number of carbonyl (C=O) groups is 3. The Morgan fingerprint density at radius 1 is 1.07 bits per heavy atom. The van der Waals surface area contributed by atoms with Crippen molar-refractivity contribution in [3.05, 3.63) is 54.1 Å². The summed E-state index contributed by atoms with van der Waals surface area (Å²) in [6.07, 6.45) is 0.0692. The molecule has 1 heterocycles. The van der Waals surface area contributed by atoms with Gasteiger partial charge >= 0.3 is 5.97 Å². The molecular formula is C22H24N2O5. The fourth-order valence-electron chi connectivity index (χ4n) is 3.29. The van der Waals surface area contributed by atoms with E-state index in [-0.39, 0.29) is 31.4 Å². The number of nitrogens with one attached hydrogen (secondary N) is 1. The van der Waals surface area contributed by atoms with E-state index in [9.17, 15) is 14.4 Å². The number of carbonyl (C=O) groups excluding carboxylic acids is 3. The van der Waals surface area contributed by atoms with Gasteiger partial charge in [0.25, 0.3) is 0 Å². The molecule has 2 amide bonds. The van der Waals surface area contributed by atoms with E-state index in [1.807, 2.05) is 13.0 Å². The van der Waals surface area contributed by atoms with Crippen molar-refractivity contribution >= 4 is 29.2 Å². The highest BCUT2D eigenvalue weighted by molar-refractivity contribution is 6.07. The molecule has 7 nitrogen and oxygen atoms in total. The third-order valence-electron chi connectivity index (χ3n) is 4.63. The van der Waals surface area contributed by atoms with E-state index in [2.05, 4.69) is 5.32 Å². The van der Waals surface area contributed by atoms with Gasteiger partial charge in [-0.15, -0.1) is 0 Å². The number of hydrogen-bond acceptors (Lipinski definition) is 5. The van der Waals surface area contributed by atoms with Crippen LogP contribution in [0.5, 0.6) is 5.75 Å². The van der Waals surface area contributed by atoms with Gasteiger partial charge < -0.3 is 19.7 Å². The molecule has 1 aliphatic rings. The minimum absolute atomic E-state index is 0.0692. The number of hydrogen-bond donors (Lipinski definition) is 1. The predicted octanol–water partition coefficient (Wildman–Crippen LogP) is 3.25. The summed E-state index contributed by atoms with van der Waals surface area (Å²) in [5, 5.41) is 2.85. The Morgan fingerprint density at radius 3 is 2.55 bits per heavy atom. The first-order valence-electron chi connectivity index (χ1n) is 9.64. The number of rotatable bonds is 7. The van der Waals surface area contributed by atoms with Crippen LogP contribution in [0.25, 0.3) is 0 Å². The second kappa shape index (κ2) is 9.23. The van der Waals surface area contributed by atoms with Crippen LogP contribution >= 0.6 is 0 Å². The number of amides is 2. The molecule has 152 valence electrons. The summed E-state index contributed by atoms with van der Waals surface area (Å²) < 4.78 is 10.6. The summed E-state index contributed by atoms with van der Waals surface area (Å²) in [6, 6.07) is 13.9. The van der Waals surface area contributed by atoms with Crippen molar-refractivity contribution < 1.29 is 23.9 Å². The van der Waals surface area contributed by atoms with Gasteiger partial charge in [0.2, 0.25) is 11.8 Å². The summed E-state index contributed by atoms with van der Waals surface area (Å²) in [6.45, 7) is 4.51. The summed E-state index contributed by atoms with van der Waals surface area (Å²) in [5.74, 6) is -0.916. The molecule has 3 rings (SSSR count). The van der Waals surface area contributed by atoms with Gasteiger partial charge in [-0.3, -0.25) is 9.59 Å². The zero-order chi connectivity index (χ0) is 20.8. The Hall–Kier alpha value is -3.35. The first kappa shape index (κ1) is 20.4. The van der Waals surface area contributed by atoms with Gasteiger partial charge in [-0.25, -0.2) is 4.79 Å². The van der Waals surface area contributed by atoms with E-state index >= 15 is 0 Å². The van der Waals surface area contributed by atoms with Gasteiger partial charge in [0.05, 0.1) is 36.1 Å². The standard InChI is InChI=1S/C22H24N2O5/c1-3-28-19-12-8-6-10-17(19)23-21(26)15-13-20(25)24(14-15)18-11-7-5-9-16(18)22(27)29-4-2/h5-12,15H,3-4,13-14H2,1-2H3,(H,23,26). The topological polar surface area (TPSA) is 84.9 Å². The highest BCUT2D eigenvalue weighted by Crippen LogP contribution is 2.30. The largest absolute Gasteiger partial charge is 0.492 e. The molecule has 2 aromatic carbocycles. The van der Waals surface area contributed by atoms with E-state index in [0.29, 0.717) is 29.3 Å². The van der Waals surface area contributed by atoms with Crippen molar-refractivity contribution in [2.45, 2.75) is 20.3 Å². The lowest BCUT2D eigenvalue weighted by Crippen LogP contribution is -2.29. The van der Waals surface area contributed by atoms with Gasteiger partial charge in [0.15, 0.2) is 0 Å². The lowest BCUT2D eigenvalue weighted by Gasteiger charge is -2.19. The van der Waals surface area contributed by atoms with E-state index in [0.717, 1.165) is 0 Å². The Balaban J connectivity index is 1.76. The molecule has 0 aromatic heterocycles. The van der Waals surface area contributed by atoms with E-state index in [1.54, 1.807) is 49.4 Å². The molecule has 1 aliphatic heterocycles. The summed E-state index contributed by atoms with van der Waals surface area (Å²) in [4.78, 5) is 39.1.